The van der Waals surface area contributed by atoms with E-state index in [-0.39, 0.29) is 24.6 Å². The van der Waals surface area contributed by atoms with Gasteiger partial charge in [-0.25, -0.2) is 9.48 Å². The number of fused-ring (bicyclic) bond motifs is 1. The molecule has 58 heavy (non-hydrogen) atoms. The van der Waals surface area contributed by atoms with Gasteiger partial charge in [0.15, 0.2) is 0 Å². The van der Waals surface area contributed by atoms with Crippen LogP contribution in [0.1, 0.15) is 40.8 Å². The topological polar surface area (TPSA) is 80.6 Å². The van der Waals surface area contributed by atoms with Gasteiger partial charge in [0.1, 0.15) is 23.5 Å². The van der Waals surface area contributed by atoms with Crippen molar-refractivity contribution in [1.29, 1.82) is 0 Å². The van der Waals surface area contributed by atoms with E-state index < -0.39 is 28.9 Å². The number of amides is 2. The predicted octanol–water partition coefficient (Wildman–Crippen LogP) is 9.72. The Morgan fingerprint density at radius 2 is 1.31 bits per heavy atom. The van der Waals surface area contributed by atoms with E-state index in [1.54, 1.807) is 9.80 Å². The summed E-state index contributed by atoms with van der Waals surface area (Å²) in [5.74, 6) is -0.102. The number of pyridine rings is 1. The van der Waals surface area contributed by atoms with Crippen molar-refractivity contribution in [2.24, 2.45) is 5.41 Å². The number of halogens is 3. The molecule has 290 valence electrons. The SMILES string of the molecule is O=C(OCc1ccccc1)N1CC[C@]2(CCN(c3ccc4c(c3)c(-c3ccnc(C(F)(F)F)c3)nn4C(c3ccccc3)(c3ccccc3)c3ccccc3)C2=O)C1. The van der Waals surface area contributed by atoms with Gasteiger partial charge >= 0.3 is 12.3 Å². The second-order valence-electron chi connectivity index (χ2n) is 14.9. The Balaban J connectivity index is 1.16. The van der Waals surface area contributed by atoms with Gasteiger partial charge in [-0.05, 0) is 65.4 Å². The van der Waals surface area contributed by atoms with Crippen molar-refractivity contribution in [2.45, 2.75) is 31.2 Å². The van der Waals surface area contributed by atoms with Gasteiger partial charge in [-0.1, -0.05) is 121 Å². The van der Waals surface area contributed by atoms with Gasteiger partial charge < -0.3 is 14.5 Å². The lowest BCUT2D eigenvalue weighted by Crippen LogP contribution is -2.39. The summed E-state index contributed by atoms with van der Waals surface area (Å²) in [6.45, 7) is 1.19. The maximum absolute atomic E-state index is 14.4. The first-order valence-electron chi connectivity index (χ1n) is 19.2. The second-order valence-corrected chi connectivity index (χ2v) is 14.9. The van der Waals surface area contributed by atoms with Gasteiger partial charge in [0.25, 0.3) is 0 Å². The summed E-state index contributed by atoms with van der Waals surface area (Å²) in [7, 11) is 0. The van der Waals surface area contributed by atoms with Crippen molar-refractivity contribution < 1.29 is 27.5 Å². The monoisotopic (exact) mass is 777 g/mol. The van der Waals surface area contributed by atoms with Crippen LogP contribution in [0.3, 0.4) is 0 Å². The van der Waals surface area contributed by atoms with E-state index in [0.717, 1.165) is 34.5 Å². The second kappa shape index (κ2) is 14.6. The number of carbonyl (C=O) groups is 2. The highest BCUT2D eigenvalue weighted by Gasteiger charge is 2.52. The molecular formula is C47H38F3N5O3. The van der Waals surface area contributed by atoms with Gasteiger partial charge in [-0.2, -0.15) is 18.3 Å². The van der Waals surface area contributed by atoms with Gasteiger partial charge in [-0.3, -0.25) is 9.78 Å². The molecule has 0 bridgehead atoms. The number of alkyl halides is 3. The Morgan fingerprint density at radius 1 is 0.724 bits per heavy atom. The number of hydrogen-bond donors (Lipinski definition) is 0. The van der Waals surface area contributed by atoms with Crippen molar-refractivity contribution in [3.63, 3.8) is 0 Å². The molecule has 0 radical (unpaired) electrons. The van der Waals surface area contributed by atoms with E-state index in [0.29, 0.717) is 48.2 Å². The highest BCUT2D eigenvalue weighted by atomic mass is 19.4. The number of ether oxygens (including phenoxy) is 1. The fourth-order valence-corrected chi connectivity index (χ4v) is 8.67. The van der Waals surface area contributed by atoms with Crippen LogP contribution in [0.4, 0.5) is 23.7 Å². The quantitative estimate of drug-likeness (QED) is 0.144. The lowest BCUT2D eigenvalue weighted by atomic mass is 9.77. The molecule has 5 aromatic carbocycles. The molecule has 2 amide bonds. The Labute approximate surface area is 333 Å². The summed E-state index contributed by atoms with van der Waals surface area (Å²) in [5, 5.41) is 5.84. The van der Waals surface area contributed by atoms with Crippen LogP contribution < -0.4 is 4.90 Å². The van der Waals surface area contributed by atoms with Gasteiger partial charge in [0.05, 0.1) is 10.9 Å². The van der Waals surface area contributed by atoms with Crippen molar-refractivity contribution in [3.8, 4) is 11.3 Å². The molecule has 4 heterocycles. The van der Waals surface area contributed by atoms with Gasteiger partial charge in [0, 0.05) is 42.5 Å². The molecule has 0 N–H and O–H groups in total. The summed E-state index contributed by atoms with van der Waals surface area (Å²) in [4.78, 5) is 34.5. The summed E-state index contributed by atoms with van der Waals surface area (Å²) < 4.78 is 49.9. The molecule has 1 atom stereocenters. The third kappa shape index (κ3) is 6.36. The Bertz CT molecular complexity index is 2510. The third-order valence-corrected chi connectivity index (χ3v) is 11.5. The minimum absolute atomic E-state index is 0.102. The van der Waals surface area contributed by atoms with E-state index in [9.17, 15) is 22.8 Å². The van der Waals surface area contributed by atoms with Crippen LogP contribution in [-0.2, 0) is 27.9 Å². The lowest BCUT2D eigenvalue weighted by molar-refractivity contribution is -0.141. The van der Waals surface area contributed by atoms with E-state index in [1.165, 1.54) is 6.07 Å². The Kier molecular flexibility index (Phi) is 9.30. The molecule has 2 saturated heterocycles. The molecule has 1 spiro atoms. The molecule has 0 aliphatic carbocycles. The average Bonchev–Trinajstić information content (AvgIpc) is 3.97. The molecule has 2 fully saturated rings. The number of benzene rings is 5. The molecule has 11 heteroatoms. The minimum Gasteiger partial charge on any atom is -0.445 e. The zero-order valence-electron chi connectivity index (χ0n) is 31.3. The maximum Gasteiger partial charge on any atom is 0.433 e. The first-order valence-corrected chi connectivity index (χ1v) is 19.2. The Morgan fingerprint density at radius 3 is 1.91 bits per heavy atom. The number of carbonyl (C=O) groups excluding carboxylic acids is 2. The van der Waals surface area contributed by atoms with Crippen molar-refractivity contribution in [2.75, 3.05) is 24.5 Å². The summed E-state index contributed by atoms with van der Waals surface area (Å²) in [5.41, 5.74) is 2.46. The third-order valence-electron chi connectivity index (χ3n) is 11.5. The fraction of sp³-hybridized carbons (Fsp3) is 0.191. The van der Waals surface area contributed by atoms with Crippen LogP contribution in [-0.4, -0.2) is 51.3 Å². The summed E-state index contributed by atoms with van der Waals surface area (Å²) in [6.07, 6.45) is -2.95. The molecule has 2 aromatic heterocycles. The minimum atomic E-state index is -4.68. The molecule has 0 unspecified atom stereocenters. The number of anilines is 1. The number of nitrogens with zero attached hydrogens (tertiary/aromatic N) is 5. The van der Waals surface area contributed by atoms with E-state index in [2.05, 4.69) is 4.98 Å². The Hall–Kier alpha value is -6.75. The van der Waals surface area contributed by atoms with Gasteiger partial charge in [-0.15, -0.1) is 0 Å². The van der Waals surface area contributed by atoms with Crippen LogP contribution >= 0.6 is 0 Å². The van der Waals surface area contributed by atoms with Crippen molar-refractivity contribution in [1.82, 2.24) is 19.7 Å². The maximum atomic E-state index is 14.4. The smallest absolute Gasteiger partial charge is 0.433 e. The molecular weight excluding hydrogens is 740 g/mol. The molecule has 7 aromatic rings. The van der Waals surface area contributed by atoms with Crippen LogP contribution in [0.5, 0.6) is 0 Å². The first kappa shape index (κ1) is 36.9. The number of aromatic nitrogens is 3. The van der Waals surface area contributed by atoms with Gasteiger partial charge in [0.2, 0.25) is 5.91 Å². The average molecular weight is 778 g/mol. The predicted molar refractivity (Wildman–Crippen MR) is 215 cm³/mol. The lowest BCUT2D eigenvalue weighted by Gasteiger charge is -2.37. The van der Waals surface area contributed by atoms with Crippen molar-refractivity contribution >= 4 is 28.6 Å². The number of likely N-dealkylation sites (tertiary alicyclic amines) is 1. The normalized spacial score (nSPS) is 17.1. The molecule has 2 aliphatic rings. The van der Waals surface area contributed by atoms with Crippen LogP contribution in [0.2, 0.25) is 0 Å². The van der Waals surface area contributed by atoms with Crippen LogP contribution in [0.25, 0.3) is 22.2 Å². The van der Waals surface area contributed by atoms with Crippen LogP contribution in [0, 0.1) is 5.41 Å². The molecule has 9 rings (SSSR count). The summed E-state index contributed by atoms with van der Waals surface area (Å²) >= 11 is 0. The number of rotatable bonds is 8. The van der Waals surface area contributed by atoms with Crippen molar-refractivity contribution in [3.05, 3.63) is 186 Å². The zero-order valence-corrected chi connectivity index (χ0v) is 31.3. The molecule has 0 saturated carbocycles. The van der Waals surface area contributed by atoms with Crippen LogP contribution in [0.15, 0.2) is 158 Å². The fourth-order valence-electron chi connectivity index (χ4n) is 8.67. The van der Waals surface area contributed by atoms with E-state index >= 15 is 0 Å². The largest absolute Gasteiger partial charge is 0.445 e. The first-order chi connectivity index (χ1) is 28.2. The highest BCUT2D eigenvalue weighted by molar-refractivity contribution is 6.04. The highest BCUT2D eigenvalue weighted by Crippen LogP contribution is 2.47. The van der Waals surface area contributed by atoms with E-state index in [4.69, 9.17) is 9.84 Å². The zero-order chi connectivity index (χ0) is 39.9. The number of hydrogen-bond acceptors (Lipinski definition) is 5. The van der Waals surface area contributed by atoms with E-state index in [1.807, 2.05) is 144 Å². The molecule has 2 aliphatic heterocycles. The molecule has 8 nitrogen and oxygen atoms in total. The summed E-state index contributed by atoms with van der Waals surface area (Å²) in [6, 6.07) is 47.4. The standard InChI is InChI=1S/C47H38F3N5O3/c48-47(49,50)41-29-34(23-26-51-41)42-39-30-38(54-28-25-45(43(54)56)24-27-53(32-45)44(57)58-31-33-13-5-1-6-14-33)21-22-40(39)55(52-42)46(35-15-7-2-8-16-35,36-17-9-3-10-18-36)37-19-11-4-12-20-37/h1-23,26,29-30H,24-25,27-28,31-32H2/t45-/m0/s1.